The third-order valence-electron chi connectivity index (χ3n) is 7.23. The number of carboxylic acids is 1. The molecule has 3 aromatic rings. The van der Waals surface area contributed by atoms with E-state index in [1.807, 2.05) is 42.5 Å². The number of anilines is 1. The average Bonchev–Trinajstić information content (AvgIpc) is 3.70. The van der Waals surface area contributed by atoms with Crippen molar-refractivity contribution in [1.82, 2.24) is 4.90 Å². The maximum Gasteiger partial charge on any atom is 0.303 e. The third kappa shape index (κ3) is 5.16. The van der Waals surface area contributed by atoms with E-state index in [4.69, 9.17) is 28.3 Å². The van der Waals surface area contributed by atoms with E-state index in [1.54, 1.807) is 34.1 Å². The number of fused-ring (bicyclic) bond motifs is 1. The smallest absolute Gasteiger partial charge is 0.303 e. The molecule has 9 heteroatoms. The summed E-state index contributed by atoms with van der Waals surface area (Å²) in [4.78, 5) is 43.5. The summed E-state index contributed by atoms with van der Waals surface area (Å²) in [5.74, 6) is -1.32. The lowest BCUT2D eigenvalue weighted by Gasteiger charge is -2.38. The van der Waals surface area contributed by atoms with Gasteiger partial charge in [-0.3, -0.25) is 14.4 Å². The number of hydrogen-bond donors (Lipinski definition) is 1. The number of aliphatic carboxylic acids is 1. The van der Waals surface area contributed by atoms with E-state index in [0.29, 0.717) is 46.2 Å². The summed E-state index contributed by atoms with van der Waals surface area (Å²) in [6.07, 6.45) is 2.38. The fourth-order valence-electron chi connectivity index (χ4n) is 5.24. The number of carbonyl (C=O) groups excluding carboxylic acids is 2. The van der Waals surface area contributed by atoms with Crippen LogP contribution in [0.1, 0.15) is 59.6 Å². The topological polar surface area (TPSA) is 77.9 Å². The van der Waals surface area contributed by atoms with Gasteiger partial charge in [0.1, 0.15) is 6.04 Å². The standard InChI is InChI=1S/C29H25Cl2IN2O4/c30-20-8-4-18(5-9-20)26-28(38)33(16-2-1-3-25(35)36)24-13-12-22(32)17-23(24)27(37)34(26)29(14-15-29)19-6-10-21(31)11-7-19/h4-13,17,26H,1-3,14-16H2,(H,35,36). The van der Waals surface area contributed by atoms with Crippen LogP contribution in [0.4, 0.5) is 5.69 Å². The molecule has 2 amide bonds. The fourth-order valence-corrected chi connectivity index (χ4v) is 5.98. The van der Waals surface area contributed by atoms with Crippen LogP contribution in [0.15, 0.2) is 66.7 Å². The summed E-state index contributed by atoms with van der Waals surface area (Å²) < 4.78 is 0.884. The van der Waals surface area contributed by atoms with E-state index in [1.165, 1.54) is 0 Å². The van der Waals surface area contributed by atoms with Crippen molar-refractivity contribution in [3.05, 3.63) is 97.0 Å². The largest absolute Gasteiger partial charge is 0.481 e. The number of rotatable bonds is 8. The Morgan fingerprint density at radius 1 is 0.947 bits per heavy atom. The van der Waals surface area contributed by atoms with Crippen LogP contribution in [0.3, 0.4) is 0 Å². The number of carbonyl (C=O) groups is 3. The zero-order valence-electron chi connectivity index (χ0n) is 20.4. The van der Waals surface area contributed by atoms with Gasteiger partial charge < -0.3 is 14.9 Å². The Balaban J connectivity index is 1.66. The monoisotopic (exact) mass is 662 g/mol. The zero-order chi connectivity index (χ0) is 27.0. The number of carboxylic acid groups (broad SMARTS) is 1. The Labute approximate surface area is 244 Å². The number of nitrogens with zero attached hydrogens (tertiary/aromatic N) is 2. The van der Waals surface area contributed by atoms with Gasteiger partial charge in [0.25, 0.3) is 11.8 Å². The Kier molecular flexibility index (Phi) is 7.71. The Morgan fingerprint density at radius 2 is 1.58 bits per heavy atom. The molecule has 1 aliphatic heterocycles. The second-order valence-electron chi connectivity index (χ2n) is 9.67. The lowest BCUT2D eigenvalue weighted by Crippen LogP contribution is -2.47. The molecule has 1 atom stereocenters. The first-order valence-electron chi connectivity index (χ1n) is 12.4. The normalized spacial score (nSPS) is 18.2. The van der Waals surface area contributed by atoms with E-state index in [-0.39, 0.29) is 18.2 Å². The van der Waals surface area contributed by atoms with Crippen molar-refractivity contribution in [3.8, 4) is 0 Å². The molecule has 0 radical (unpaired) electrons. The number of hydrogen-bond acceptors (Lipinski definition) is 3. The molecule has 196 valence electrons. The molecule has 1 N–H and O–H groups in total. The molecule has 0 aromatic heterocycles. The molecular formula is C29H25Cl2IN2O4. The number of amides is 2. The molecule has 38 heavy (non-hydrogen) atoms. The van der Waals surface area contributed by atoms with Gasteiger partial charge in [-0.25, -0.2) is 0 Å². The molecule has 0 bridgehead atoms. The van der Waals surface area contributed by atoms with Crippen LogP contribution in [0.2, 0.25) is 10.0 Å². The first-order chi connectivity index (χ1) is 18.2. The van der Waals surface area contributed by atoms with Gasteiger partial charge in [0, 0.05) is 26.6 Å². The number of benzene rings is 3. The van der Waals surface area contributed by atoms with Crippen LogP contribution in [-0.2, 0) is 15.1 Å². The van der Waals surface area contributed by atoms with Gasteiger partial charge in [0.2, 0.25) is 0 Å². The van der Waals surface area contributed by atoms with Crippen LogP contribution in [0, 0.1) is 3.57 Å². The van der Waals surface area contributed by atoms with Crippen LogP contribution in [0.5, 0.6) is 0 Å². The summed E-state index contributed by atoms with van der Waals surface area (Å²) >= 11 is 14.5. The minimum atomic E-state index is -0.887. The molecule has 3 aromatic carbocycles. The predicted molar refractivity (Wildman–Crippen MR) is 156 cm³/mol. The van der Waals surface area contributed by atoms with Crippen molar-refractivity contribution in [1.29, 1.82) is 0 Å². The van der Waals surface area contributed by atoms with Crippen molar-refractivity contribution >= 4 is 69.3 Å². The van der Waals surface area contributed by atoms with Gasteiger partial charge in [0.05, 0.1) is 16.8 Å². The summed E-state index contributed by atoms with van der Waals surface area (Å²) in [5, 5.41) is 10.2. The summed E-state index contributed by atoms with van der Waals surface area (Å²) in [5.41, 5.74) is 1.96. The van der Waals surface area contributed by atoms with Gasteiger partial charge in [-0.15, -0.1) is 0 Å². The molecule has 0 spiro atoms. The van der Waals surface area contributed by atoms with Gasteiger partial charge in [-0.05, 0) is 102 Å². The SMILES string of the molecule is O=C(O)CCCCN1C(=O)C(c2ccc(Cl)cc2)N(C2(c3ccc(Cl)cc3)CC2)C(=O)c2cc(I)ccc21. The van der Waals surface area contributed by atoms with Gasteiger partial charge in [-0.1, -0.05) is 47.5 Å². The van der Waals surface area contributed by atoms with E-state index in [2.05, 4.69) is 22.6 Å². The van der Waals surface area contributed by atoms with Crippen molar-refractivity contribution < 1.29 is 19.5 Å². The number of unbranched alkanes of at least 4 members (excludes halogenated alkanes) is 1. The van der Waals surface area contributed by atoms with Crippen molar-refractivity contribution in [2.45, 2.75) is 43.7 Å². The molecule has 1 heterocycles. The van der Waals surface area contributed by atoms with E-state index in [9.17, 15) is 14.4 Å². The van der Waals surface area contributed by atoms with E-state index < -0.39 is 17.6 Å². The average molecular weight is 663 g/mol. The first kappa shape index (κ1) is 27.0. The quantitative estimate of drug-likeness (QED) is 0.207. The lowest BCUT2D eigenvalue weighted by atomic mass is 9.96. The maximum atomic E-state index is 14.5. The molecule has 1 fully saturated rings. The van der Waals surface area contributed by atoms with Crippen molar-refractivity contribution in [2.24, 2.45) is 0 Å². The molecule has 2 aliphatic rings. The highest BCUT2D eigenvalue weighted by molar-refractivity contribution is 14.1. The van der Waals surface area contributed by atoms with Crippen LogP contribution >= 0.6 is 45.8 Å². The third-order valence-corrected chi connectivity index (χ3v) is 8.41. The van der Waals surface area contributed by atoms with E-state index in [0.717, 1.165) is 22.0 Å². The highest BCUT2D eigenvalue weighted by Crippen LogP contribution is 2.56. The summed E-state index contributed by atoms with van der Waals surface area (Å²) in [6.45, 7) is 0.304. The van der Waals surface area contributed by atoms with Crippen LogP contribution in [-0.4, -0.2) is 34.3 Å². The highest BCUT2D eigenvalue weighted by Gasteiger charge is 2.57. The van der Waals surface area contributed by atoms with E-state index >= 15 is 0 Å². The Bertz CT molecular complexity index is 1390. The number of halogens is 3. The van der Waals surface area contributed by atoms with Crippen LogP contribution in [0.25, 0.3) is 0 Å². The molecule has 1 unspecified atom stereocenters. The maximum absolute atomic E-state index is 14.5. The molecule has 1 saturated carbocycles. The Hall–Kier alpha value is -2.62. The second kappa shape index (κ2) is 10.9. The van der Waals surface area contributed by atoms with Crippen molar-refractivity contribution in [2.75, 3.05) is 11.4 Å². The predicted octanol–water partition coefficient (Wildman–Crippen LogP) is 7.07. The molecule has 0 saturated heterocycles. The highest BCUT2D eigenvalue weighted by atomic mass is 127. The first-order valence-corrected chi connectivity index (χ1v) is 14.2. The molecule has 5 rings (SSSR count). The molecule has 6 nitrogen and oxygen atoms in total. The second-order valence-corrected chi connectivity index (χ2v) is 11.8. The molecule has 1 aliphatic carbocycles. The van der Waals surface area contributed by atoms with Gasteiger partial charge >= 0.3 is 5.97 Å². The van der Waals surface area contributed by atoms with Gasteiger partial charge in [-0.2, -0.15) is 0 Å². The van der Waals surface area contributed by atoms with Gasteiger partial charge in [0.15, 0.2) is 0 Å². The Morgan fingerprint density at radius 3 is 2.18 bits per heavy atom. The fraction of sp³-hybridized carbons (Fsp3) is 0.276. The zero-order valence-corrected chi connectivity index (χ0v) is 24.0. The summed E-state index contributed by atoms with van der Waals surface area (Å²) in [7, 11) is 0. The minimum absolute atomic E-state index is 0.0208. The lowest BCUT2D eigenvalue weighted by molar-refractivity contribution is -0.137. The van der Waals surface area contributed by atoms with Crippen molar-refractivity contribution in [3.63, 3.8) is 0 Å². The molecular weight excluding hydrogens is 638 g/mol. The summed E-state index contributed by atoms with van der Waals surface area (Å²) in [6, 6.07) is 19.2. The van der Waals surface area contributed by atoms with Crippen LogP contribution < -0.4 is 4.90 Å². The minimum Gasteiger partial charge on any atom is -0.481 e.